The van der Waals surface area contributed by atoms with Gasteiger partial charge in [0.25, 0.3) is 0 Å². The number of nitrogens with two attached hydrogens (primary N) is 1. The van der Waals surface area contributed by atoms with Crippen LogP contribution in [0, 0.1) is 23.7 Å². The van der Waals surface area contributed by atoms with Crippen molar-refractivity contribution in [2.24, 2.45) is 29.4 Å². The van der Waals surface area contributed by atoms with Crippen LogP contribution in [0.4, 0.5) is 0 Å². The third-order valence-corrected chi connectivity index (χ3v) is 13.9. The maximum atomic E-state index is 14.0. The molecule has 1 aliphatic heterocycles. The van der Waals surface area contributed by atoms with Gasteiger partial charge in [-0.2, -0.15) is 37.0 Å². The predicted molar refractivity (Wildman–Crippen MR) is 285 cm³/mol. The Kier molecular flexibility index (Phi) is 30.8. The minimum Gasteiger partial charge on any atom is -0.480 e. The Morgan fingerprint density at radius 3 is 1.59 bits per heavy atom. The average molecular weight is 1110 g/mol. The lowest BCUT2D eigenvalue weighted by Crippen LogP contribution is -2.61. The number of nitrogens with one attached hydrogen (secondary N) is 9. The van der Waals surface area contributed by atoms with Crippen molar-refractivity contribution in [1.82, 2.24) is 52.8 Å². The Balaban J connectivity index is 3.11. The molecular weight excluding hydrogens is 1020 g/mol. The number of aliphatic hydroxyl groups is 1. The van der Waals surface area contributed by atoms with E-state index in [1.165, 1.54) is 23.6 Å². The quantitative estimate of drug-likeness (QED) is 0.0310. The van der Waals surface area contributed by atoms with Crippen molar-refractivity contribution in [2.75, 3.05) is 43.1 Å². The molecule has 27 heteroatoms. The van der Waals surface area contributed by atoms with Crippen LogP contribution < -0.4 is 53.6 Å². The van der Waals surface area contributed by atoms with Crippen molar-refractivity contribution >= 4 is 102 Å². The van der Waals surface area contributed by atoms with Gasteiger partial charge >= 0.3 is 5.97 Å². The van der Waals surface area contributed by atoms with Gasteiger partial charge in [-0.05, 0) is 68.3 Å². The van der Waals surface area contributed by atoms with E-state index in [1.807, 2.05) is 6.26 Å². The van der Waals surface area contributed by atoms with Crippen LogP contribution in [0.15, 0.2) is 0 Å². The van der Waals surface area contributed by atoms with Crippen molar-refractivity contribution in [3.8, 4) is 0 Å². The van der Waals surface area contributed by atoms with E-state index in [0.29, 0.717) is 31.4 Å². The van der Waals surface area contributed by atoms with Gasteiger partial charge in [-0.25, -0.2) is 4.79 Å². The van der Waals surface area contributed by atoms with E-state index in [2.05, 4.69) is 73.1 Å². The molecule has 24 nitrogen and oxygen atoms in total. The second-order valence-corrected chi connectivity index (χ2v) is 21.1. The zero-order valence-electron chi connectivity index (χ0n) is 44.3. The first-order valence-corrected chi connectivity index (χ1v) is 27.7. The number of aliphatic hydroxyl groups excluding tert-OH is 1. The number of amides is 10. The Bertz CT molecular complexity index is 1930. The summed E-state index contributed by atoms with van der Waals surface area (Å²) in [4.78, 5) is 147. The number of rotatable bonds is 33. The Morgan fingerprint density at radius 1 is 0.635 bits per heavy atom. The molecule has 0 spiro atoms. The van der Waals surface area contributed by atoms with Gasteiger partial charge in [-0.3, -0.25) is 47.9 Å². The molecule has 12 atom stereocenters. The highest BCUT2D eigenvalue weighted by Crippen LogP contribution is 2.21. The highest BCUT2D eigenvalue weighted by atomic mass is 32.2. The smallest absolute Gasteiger partial charge is 0.327 e. The summed E-state index contributed by atoms with van der Waals surface area (Å²) < 4.78 is 0. The highest BCUT2D eigenvalue weighted by Gasteiger charge is 2.41. The van der Waals surface area contributed by atoms with E-state index in [9.17, 15) is 63.0 Å². The van der Waals surface area contributed by atoms with Crippen molar-refractivity contribution in [2.45, 2.75) is 161 Å². The lowest BCUT2D eigenvalue weighted by Gasteiger charge is -2.32. The summed E-state index contributed by atoms with van der Waals surface area (Å²) >= 11 is 9.81. The van der Waals surface area contributed by atoms with E-state index >= 15 is 0 Å². The maximum absolute atomic E-state index is 14.0. The van der Waals surface area contributed by atoms with Crippen molar-refractivity contribution in [3.05, 3.63) is 0 Å². The highest BCUT2D eigenvalue weighted by molar-refractivity contribution is 7.98. The number of nitrogens with zero attached hydrogens (tertiary/aromatic N) is 1. The number of hydrogen-bond donors (Lipinski definition) is 14. The summed E-state index contributed by atoms with van der Waals surface area (Å²) in [6.45, 7) is 14.1. The summed E-state index contributed by atoms with van der Waals surface area (Å²) in [7, 11) is 0. The Morgan fingerprint density at radius 2 is 1.11 bits per heavy atom. The van der Waals surface area contributed by atoms with Gasteiger partial charge in [0.2, 0.25) is 59.1 Å². The third kappa shape index (κ3) is 22.2. The van der Waals surface area contributed by atoms with E-state index in [1.54, 1.807) is 55.4 Å². The number of carbonyl (C=O) groups is 11. The number of thiol groups is 2. The number of aliphatic carboxylic acids is 1. The van der Waals surface area contributed by atoms with Gasteiger partial charge in [0, 0.05) is 18.1 Å². The minimum absolute atomic E-state index is 0.0852. The molecule has 0 bridgehead atoms. The van der Waals surface area contributed by atoms with Crippen molar-refractivity contribution < 1.29 is 63.0 Å². The molecule has 10 amide bonds. The van der Waals surface area contributed by atoms with Gasteiger partial charge in [0.15, 0.2) is 0 Å². The molecule has 74 heavy (non-hydrogen) atoms. The van der Waals surface area contributed by atoms with E-state index in [0.717, 1.165) is 0 Å². The van der Waals surface area contributed by atoms with E-state index in [4.69, 9.17) is 5.73 Å². The molecule has 1 saturated heterocycles. The second kappa shape index (κ2) is 33.9. The number of likely N-dealkylation sites (tertiary alicyclic amines) is 1. The number of carboxylic acid groups (broad SMARTS) is 1. The molecule has 422 valence electrons. The van der Waals surface area contributed by atoms with E-state index < -0.39 is 156 Å². The third-order valence-electron chi connectivity index (χ3n) is 12.5. The SMILES string of the molecule is CC[C@H](C)[C@H](NC(=O)CNC(=O)[C@H](CC(C)C)NC(=O)[C@@H](NC(=O)CNC(=O)[C@@H](N)CCSC)[C@@H](C)O)C(=O)N[C@H](C(=O)N[C@@H](CS)C(=O)N1CCC[C@H]1C(=O)N[C@H](C(=O)N[C@@H](CS)C(=O)O)[C@@H](C)CC)C(C)C. The first kappa shape index (κ1) is 67.2. The lowest BCUT2D eigenvalue weighted by molar-refractivity contribution is -0.143. The molecule has 1 fully saturated rings. The minimum atomic E-state index is -1.53. The lowest BCUT2D eigenvalue weighted by atomic mass is 9.96. The van der Waals surface area contributed by atoms with Gasteiger partial charge in [0.05, 0.1) is 25.2 Å². The normalized spacial score (nSPS) is 17.8. The molecule has 0 aromatic carbocycles. The molecule has 0 aromatic heterocycles. The van der Waals surface area contributed by atoms with Crippen LogP contribution in [0.3, 0.4) is 0 Å². The molecule has 0 aliphatic carbocycles. The van der Waals surface area contributed by atoms with Crippen LogP contribution in [0.2, 0.25) is 0 Å². The number of thioether (sulfide) groups is 1. The maximum Gasteiger partial charge on any atom is 0.327 e. The molecule has 1 rings (SSSR count). The average Bonchev–Trinajstić information content (AvgIpc) is 3.85. The fourth-order valence-corrected chi connectivity index (χ4v) is 8.60. The molecule has 0 aromatic rings. The summed E-state index contributed by atoms with van der Waals surface area (Å²) in [5, 5.41) is 42.6. The summed E-state index contributed by atoms with van der Waals surface area (Å²) in [5.74, 6) is -10.00. The fourth-order valence-electron chi connectivity index (χ4n) is 7.61. The molecule has 0 radical (unpaired) electrons. The zero-order chi connectivity index (χ0) is 56.6. The first-order valence-electron chi connectivity index (χ1n) is 25.0. The monoisotopic (exact) mass is 1110 g/mol. The van der Waals surface area contributed by atoms with Crippen molar-refractivity contribution in [1.29, 1.82) is 0 Å². The van der Waals surface area contributed by atoms with Crippen LogP contribution in [-0.2, 0) is 52.7 Å². The molecule has 1 aliphatic rings. The fraction of sp³-hybridized carbons (Fsp3) is 0.766. The van der Waals surface area contributed by atoms with Crippen LogP contribution in [-0.4, -0.2) is 184 Å². The first-order chi connectivity index (χ1) is 34.7. The Labute approximate surface area is 449 Å². The number of carboxylic acids is 1. The topological polar surface area (TPSA) is 366 Å². The summed E-state index contributed by atoms with van der Waals surface area (Å²) in [5.41, 5.74) is 5.84. The van der Waals surface area contributed by atoms with Gasteiger partial charge < -0.3 is 68.7 Å². The summed E-state index contributed by atoms with van der Waals surface area (Å²) in [6.07, 6.45) is 2.41. The Hall–Kier alpha value is -4.86. The standard InChI is InChI=1S/C47H83N11O13S3/c1-11-25(7)36(54-33(60)20-50-40(63)29(18-23(3)4)51-45(68)38(27(9)59)55-34(61)19-49-39(62)28(48)15-17-74-10)44(67)56-35(24(5)6)42(65)52-30(21-72)46(69)58-16-13-14-32(58)41(64)57-37(26(8)12-2)43(66)53-31(22-73)47(70)71/h23-32,35-38,59,72-73H,11-22,48H2,1-10H3,(H,49,62)(H,50,63)(H,51,68)(H,52,65)(H,53,66)(H,54,60)(H,55,61)(H,56,67)(H,57,64)(H,70,71)/t25-,26-,27+,28-,29-,30-,31-,32-,35-,36-,37-,38-/m0/s1. The molecular formula is C47H83N11O13S3. The largest absolute Gasteiger partial charge is 0.480 e. The van der Waals surface area contributed by atoms with Crippen LogP contribution in [0.5, 0.6) is 0 Å². The van der Waals surface area contributed by atoms with Gasteiger partial charge in [0.1, 0.15) is 48.3 Å². The predicted octanol–water partition coefficient (Wildman–Crippen LogP) is -2.20. The molecule has 13 N–H and O–H groups in total. The van der Waals surface area contributed by atoms with Gasteiger partial charge in [-0.15, -0.1) is 0 Å². The molecule has 0 unspecified atom stereocenters. The number of carbonyl (C=O) groups excluding carboxylic acids is 10. The summed E-state index contributed by atoms with van der Waals surface area (Å²) in [6, 6.07) is -10.8. The number of hydrogen-bond acceptors (Lipinski definition) is 16. The van der Waals surface area contributed by atoms with Crippen LogP contribution in [0.1, 0.15) is 101 Å². The molecule has 0 saturated carbocycles. The van der Waals surface area contributed by atoms with Crippen LogP contribution in [0.25, 0.3) is 0 Å². The van der Waals surface area contributed by atoms with Crippen molar-refractivity contribution in [3.63, 3.8) is 0 Å². The van der Waals surface area contributed by atoms with Gasteiger partial charge in [-0.1, -0.05) is 68.2 Å². The molecule has 1 heterocycles. The van der Waals surface area contributed by atoms with E-state index in [-0.39, 0.29) is 36.8 Å². The second-order valence-electron chi connectivity index (χ2n) is 19.3. The zero-order valence-corrected chi connectivity index (χ0v) is 46.9. The van der Waals surface area contributed by atoms with Crippen LogP contribution >= 0.6 is 37.0 Å².